The summed E-state index contributed by atoms with van der Waals surface area (Å²) in [5, 5.41) is 2.54. The maximum atomic E-state index is 12.1. The van der Waals surface area contributed by atoms with Gasteiger partial charge in [-0.25, -0.2) is 9.59 Å². The fourth-order valence-corrected chi connectivity index (χ4v) is 2.19. The van der Waals surface area contributed by atoms with Gasteiger partial charge in [0.2, 0.25) is 0 Å². The van der Waals surface area contributed by atoms with Gasteiger partial charge in [-0.15, -0.1) is 0 Å². The first-order chi connectivity index (χ1) is 11.7. The smallest absolute Gasteiger partial charge is 0.338 e. The van der Waals surface area contributed by atoms with Crippen molar-refractivity contribution in [2.45, 2.75) is 26.3 Å². The lowest BCUT2D eigenvalue weighted by Gasteiger charge is -2.18. The zero-order valence-corrected chi connectivity index (χ0v) is 15.4. The van der Waals surface area contributed by atoms with Crippen LogP contribution in [0, 0.1) is 5.92 Å². The van der Waals surface area contributed by atoms with Crippen LogP contribution in [0.5, 0.6) is 0 Å². The third-order valence-corrected chi connectivity index (χ3v) is 3.46. The Balaban J connectivity index is 2.61. The highest BCUT2D eigenvalue weighted by molar-refractivity contribution is 5.93. The summed E-state index contributed by atoms with van der Waals surface area (Å²) in [6.07, 6.45) is 0.442. The van der Waals surface area contributed by atoms with Crippen molar-refractivity contribution in [3.05, 3.63) is 29.8 Å². The Morgan fingerprint density at radius 3 is 2.44 bits per heavy atom. The molecule has 25 heavy (non-hydrogen) atoms. The van der Waals surface area contributed by atoms with E-state index in [0.717, 1.165) is 5.69 Å². The predicted molar refractivity (Wildman–Crippen MR) is 94.5 cm³/mol. The average molecular weight is 350 g/mol. The highest BCUT2D eigenvalue weighted by atomic mass is 16.5. The molecule has 0 spiro atoms. The maximum absolute atomic E-state index is 12.1. The summed E-state index contributed by atoms with van der Waals surface area (Å²) in [5.74, 6) is -1.47. The van der Waals surface area contributed by atoms with Crippen molar-refractivity contribution in [1.29, 1.82) is 0 Å². The van der Waals surface area contributed by atoms with Gasteiger partial charge in [-0.2, -0.15) is 0 Å². The summed E-state index contributed by atoms with van der Waals surface area (Å²) in [6, 6.07) is 6.13. The third kappa shape index (κ3) is 6.82. The van der Waals surface area contributed by atoms with E-state index in [9.17, 15) is 14.4 Å². The zero-order chi connectivity index (χ0) is 19.0. The second kappa shape index (κ2) is 9.66. The predicted octanol–water partition coefficient (Wildman–Crippen LogP) is 1.61. The number of anilines is 1. The molecule has 0 aromatic heterocycles. The molecule has 138 valence electrons. The highest BCUT2D eigenvalue weighted by Gasteiger charge is 2.23. The summed E-state index contributed by atoms with van der Waals surface area (Å²) in [6.45, 7) is 3.40. The van der Waals surface area contributed by atoms with Crippen LogP contribution in [0.2, 0.25) is 0 Å². The van der Waals surface area contributed by atoms with Gasteiger partial charge in [0.25, 0.3) is 5.91 Å². The van der Waals surface area contributed by atoms with Crippen molar-refractivity contribution in [2.75, 3.05) is 32.7 Å². The Hall–Kier alpha value is -2.57. The van der Waals surface area contributed by atoms with Crippen molar-refractivity contribution in [3.63, 3.8) is 0 Å². The standard InChI is InChI=1S/C18H26N2O5/c1-12(2)9-15(18(23)24-5)19-16(21)11-25-17(22)13-7-6-8-14(10-13)20(3)4/h6-8,10,12,15H,9,11H2,1-5H3,(H,19,21)/t15-/m1/s1. The highest BCUT2D eigenvalue weighted by Crippen LogP contribution is 2.14. The quantitative estimate of drug-likeness (QED) is 0.717. The first-order valence-corrected chi connectivity index (χ1v) is 8.06. The number of hydrogen-bond acceptors (Lipinski definition) is 6. The molecule has 0 radical (unpaired) electrons. The summed E-state index contributed by atoms with van der Waals surface area (Å²) in [4.78, 5) is 37.6. The number of carbonyl (C=O) groups is 3. The Bertz CT molecular complexity index is 613. The molecule has 1 N–H and O–H groups in total. The van der Waals surface area contributed by atoms with Gasteiger partial charge >= 0.3 is 11.9 Å². The van der Waals surface area contributed by atoms with Gasteiger partial charge in [-0.1, -0.05) is 19.9 Å². The summed E-state index contributed by atoms with van der Waals surface area (Å²) >= 11 is 0. The Labute approximate surface area is 148 Å². The molecular formula is C18H26N2O5. The van der Waals surface area contributed by atoms with Crippen LogP contribution < -0.4 is 10.2 Å². The van der Waals surface area contributed by atoms with Gasteiger partial charge in [0.15, 0.2) is 6.61 Å². The average Bonchev–Trinajstić information content (AvgIpc) is 2.58. The number of esters is 2. The van der Waals surface area contributed by atoms with Crippen molar-refractivity contribution < 1.29 is 23.9 Å². The minimum Gasteiger partial charge on any atom is -0.467 e. The van der Waals surface area contributed by atoms with Gasteiger partial charge in [-0.3, -0.25) is 4.79 Å². The van der Waals surface area contributed by atoms with E-state index >= 15 is 0 Å². The number of amides is 1. The molecule has 1 atom stereocenters. The van der Waals surface area contributed by atoms with E-state index in [1.54, 1.807) is 18.2 Å². The normalized spacial score (nSPS) is 11.6. The summed E-state index contributed by atoms with van der Waals surface area (Å²) in [7, 11) is 4.98. The van der Waals surface area contributed by atoms with Crippen LogP contribution in [-0.2, 0) is 19.1 Å². The van der Waals surface area contributed by atoms with Crippen LogP contribution in [0.15, 0.2) is 24.3 Å². The number of hydrogen-bond donors (Lipinski definition) is 1. The molecule has 0 saturated carbocycles. The van der Waals surface area contributed by atoms with E-state index in [-0.39, 0.29) is 5.92 Å². The second-order valence-corrected chi connectivity index (χ2v) is 6.29. The second-order valence-electron chi connectivity index (χ2n) is 6.29. The topological polar surface area (TPSA) is 84.9 Å². The Morgan fingerprint density at radius 2 is 1.88 bits per heavy atom. The molecule has 0 fully saturated rings. The van der Waals surface area contributed by atoms with E-state index in [1.807, 2.05) is 38.9 Å². The number of methoxy groups -OCH3 is 1. The number of ether oxygens (including phenoxy) is 2. The van der Waals surface area contributed by atoms with E-state index in [4.69, 9.17) is 4.74 Å². The number of nitrogens with zero attached hydrogens (tertiary/aromatic N) is 1. The minimum absolute atomic E-state index is 0.195. The van der Waals surface area contributed by atoms with Crippen molar-refractivity contribution in [3.8, 4) is 0 Å². The van der Waals surface area contributed by atoms with Crippen molar-refractivity contribution in [2.24, 2.45) is 5.92 Å². The molecule has 0 heterocycles. The van der Waals surface area contributed by atoms with Crippen LogP contribution in [0.1, 0.15) is 30.6 Å². The number of carbonyl (C=O) groups excluding carboxylic acids is 3. The Morgan fingerprint density at radius 1 is 1.20 bits per heavy atom. The molecule has 1 amide bonds. The molecule has 0 aliphatic carbocycles. The first kappa shape index (κ1) is 20.5. The summed E-state index contributed by atoms with van der Waals surface area (Å²) < 4.78 is 9.70. The van der Waals surface area contributed by atoms with Crippen LogP contribution in [0.25, 0.3) is 0 Å². The molecule has 1 rings (SSSR count). The van der Waals surface area contributed by atoms with Crippen LogP contribution in [0.4, 0.5) is 5.69 Å². The van der Waals surface area contributed by atoms with E-state index in [1.165, 1.54) is 7.11 Å². The number of benzene rings is 1. The van der Waals surface area contributed by atoms with Gasteiger partial charge < -0.3 is 19.7 Å². The van der Waals surface area contributed by atoms with Gasteiger partial charge in [0.05, 0.1) is 12.7 Å². The molecule has 0 unspecified atom stereocenters. The van der Waals surface area contributed by atoms with Gasteiger partial charge in [0.1, 0.15) is 6.04 Å². The van der Waals surface area contributed by atoms with Crippen LogP contribution in [-0.4, -0.2) is 51.7 Å². The van der Waals surface area contributed by atoms with E-state index < -0.39 is 30.5 Å². The van der Waals surface area contributed by atoms with Gasteiger partial charge in [-0.05, 0) is 30.5 Å². The lowest BCUT2D eigenvalue weighted by molar-refractivity contribution is -0.145. The monoisotopic (exact) mass is 350 g/mol. The lowest BCUT2D eigenvalue weighted by Crippen LogP contribution is -2.44. The molecular weight excluding hydrogens is 324 g/mol. The largest absolute Gasteiger partial charge is 0.467 e. The van der Waals surface area contributed by atoms with Crippen molar-refractivity contribution >= 4 is 23.5 Å². The molecule has 0 aliphatic rings. The summed E-state index contributed by atoms with van der Waals surface area (Å²) in [5.41, 5.74) is 1.20. The fourth-order valence-electron chi connectivity index (χ4n) is 2.19. The molecule has 0 bridgehead atoms. The van der Waals surface area contributed by atoms with E-state index in [2.05, 4.69) is 10.1 Å². The lowest BCUT2D eigenvalue weighted by atomic mass is 10.0. The van der Waals surface area contributed by atoms with Crippen LogP contribution in [0.3, 0.4) is 0 Å². The Kier molecular flexibility index (Phi) is 7.91. The molecule has 0 saturated heterocycles. The zero-order valence-electron chi connectivity index (χ0n) is 15.4. The molecule has 7 heteroatoms. The van der Waals surface area contributed by atoms with E-state index in [0.29, 0.717) is 12.0 Å². The number of rotatable bonds is 8. The molecule has 7 nitrogen and oxygen atoms in total. The molecule has 1 aromatic rings. The maximum Gasteiger partial charge on any atom is 0.338 e. The van der Waals surface area contributed by atoms with Crippen LogP contribution >= 0.6 is 0 Å². The number of nitrogens with one attached hydrogen (secondary N) is 1. The first-order valence-electron chi connectivity index (χ1n) is 8.06. The molecule has 0 aliphatic heterocycles. The minimum atomic E-state index is -0.756. The SMILES string of the molecule is COC(=O)[C@@H](CC(C)C)NC(=O)COC(=O)c1cccc(N(C)C)c1. The van der Waals surface area contributed by atoms with Crippen molar-refractivity contribution in [1.82, 2.24) is 5.32 Å². The van der Waals surface area contributed by atoms with Gasteiger partial charge in [0, 0.05) is 19.8 Å². The third-order valence-electron chi connectivity index (χ3n) is 3.46. The molecule has 1 aromatic carbocycles. The fraction of sp³-hybridized carbons (Fsp3) is 0.500.